The number of carbonyl (C=O) groups excluding carboxylic acids is 1. The summed E-state index contributed by atoms with van der Waals surface area (Å²) in [5, 5.41) is 0.465. The molecular formula is C33H34FNO5. The van der Waals surface area contributed by atoms with Crippen LogP contribution < -0.4 is 14.9 Å². The number of carbonyl (C=O) groups is 1. The first-order chi connectivity index (χ1) is 19.3. The zero-order valence-electron chi connectivity index (χ0n) is 23.4. The Morgan fingerprint density at radius 1 is 0.925 bits per heavy atom. The van der Waals surface area contributed by atoms with Gasteiger partial charge in [-0.15, -0.1) is 0 Å². The topological polar surface area (TPSA) is 69.0 Å². The van der Waals surface area contributed by atoms with Gasteiger partial charge in [-0.1, -0.05) is 44.0 Å². The molecule has 0 spiro atoms. The Kier molecular flexibility index (Phi) is 7.92. The van der Waals surface area contributed by atoms with Gasteiger partial charge in [-0.2, -0.15) is 0 Å². The Bertz CT molecular complexity index is 1610. The molecule has 1 amide bonds. The van der Waals surface area contributed by atoms with Crippen LogP contribution in [0.25, 0.3) is 11.0 Å². The highest BCUT2D eigenvalue weighted by atomic mass is 19.1. The fourth-order valence-electron chi connectivity index (χ4n) is 5.43. The average molecular weight is 544 g/mol. The normalized spacial score (nSPS) is 14.6. The van der Waals surface area contributed by atoms with Gasteiger partial charge in [-0.05, 0) is 79.8 Å². The molecule has 2 heterocycles. The highest BCUT2D eigenvalue weighted by Gasteiger charge is 2.43. The van der Waals surface area contributed by atoms with Crippen LogP contribution >= 0.6 is 0 Å². The number of unbranched alkanes of at least 4 members (excludes halogenated alkanes) is 2. The van der Waals surface area contributed by atoms with Crippen molar-refractivity contribution >= 4 is 16.9 Å². The molecule has 0 radical (unpaired) electrons. The van der Waals surface area contributed by atoms with E-state index in [4.69, 9.17) is 13.9 Å². The van der Waals surface area contributed by atoms with E-state index in [1.807, 2.05) is 45.0 Å². The van der Waals surface area contributed by atoms with E-state index in [0.717, 1.165) is 36.0 Å². The second-order valence-electron chi connectivity index (χ2n) is 10.3. The fraction of sp³-hybridized carbons (Fsp3) is 0.333. The molecule has 3 aromatic carbocycles. The Hall–Kier alpha value is -4.13. The van der Waals surface area contributed by atoms with Crippen LogP contribution in [0.15, 0.2) is 63.8 Å². The number of benzene rings is 3. The number of amides is 1. The van der Waals surface area contributed by atoms with E-state index >= 15 is 0 Å². The standard InChI is InChI=1S/C33H34FNO5/c1-5-7-8-15-39-25-14-11-23(18-26(25)38-6-2)30-29-31(36)28-21(4)16-20(3)17-27(28)40-32(29)33(37)35(30)19-22-9-12-24(34)13-10-22/h9-14,16-18,30H,5-8,15,19H2,1-4H3. The van der Waals surface area contributed by atoms with Crippen molar-refractivity contribution in [3.8, 4) is 11.5 Å². The van der Waals surface area contributed by atoms with Gasteiger partial charge in [0.2, 0.25) is 5.76 Å². The Labute approximate surface area is 233 Å². The summed E-state index contributed by atoms with van der Waals surface area (Å²) >= 11 is 0. The lowest BCUT2D eigenvalue weighted by molar-refractivity contribution is 0.0714. The molecule has 208 valence electrons. The van der Waals surface area contributed by atoms with E-state index in [2.05, 4.69) is 6.92 Å². The highest BCUT2D eigenvalue weighted by molar-refractivity contribution is 5.99. The second kappa shape index (κ2) is 11.5. The minimum Gasteiger partial charge on any atom is -0.490 e. The molecule has 0 saturated heterocycles. The van der Waals surface area contributed by atoms with Crippen molar-refractivity contribution in [1.82, 2.24) is 4.90 Å². The summed E-state index contributed by atoms with van der Waals surface area (Å²) in [6, 6.07) is 14.5. The molecule has 0 bridgehead atoms. The molecule has 6 nitrogen and oxygen atoms in total. The van der Waals surface area contributed by atoms with Crippen molar-refractivity contribution in [3.63, 3.8) is 0 Å². The van der Waals surface area contributed by atoms with Gasteiger partial charge in [0, 0.05) is 6.54 Å². The van der Waals surface area contributed by atoms with Crippen molar-refractivity contribution in [2.75, 3.05) is 13.2 Å². The van der Waals surface area contributed by atoms with Gasteiger partial charge in [-0.3, -0.25) is 9.59 Å². The van der Waals surface area contributed by atoms with Crippen LogP contribution in [-0.2, 0) is 6.54 Å². The largest absolute Gasteiger partial charge is 0.490 e. The van der Waals surface area contributed by atoms with Crippen molar-refractivity contribution < 1.29 is 23.1 Å². The minimum absolute atomic E-state index is 0.0347. The van der Waals surface area contributed by atoms with Gasteiger partial charge < -0.3 is 18.8 Å². The molecule has 1 unspecified atom stereocenters. The molecule has 0 aliphatic carbocycles. The summed E-state index contributed by atoms with van der Waals surface area (Å²) in [5.41, 5.74) is 3.63. The maximum atomic E-state index is 14.1. The van der Waals surface area contributed by atoms with Crippen molar-refractivity contribution in [3.05, 3.63) is 104 Å². The predicted molar refractivity (Wildman–Crippen MR) is 153 cm³/mol. The monoisotopic (exact) mass is 543 g/mol. The zero-order valence-corrected chi connectivity index (χ0v) is 23.4. The minimum atomic E-state index is -0.720. The van der Waals surface area contributed by atoms with Gasteiger partial charge in [0.05, 0.1) is 30.2 Å². The molecule has 7 heteroatoms. The Morgan fingerprint density at radius 3 is 2.42 bits per heavy atom. The number of aryl methyl sites for hydroxylation is 2. The number of nitrogens with zero attached hydrogens (tertiary/aromatic N) is 1. The predicted octanol–water partition coefficient (Wildman–Crippen LogP) is 7.26. The second-order valence-corrected chi connectivity index (χ2v) is 10.3. The lowest BCUT2D eigenvalue weighted by Gasteiger charge is -2.26. The van der Waals surface area contributed by atoms with E-state index in [9.17, 15) is 14.0 Å². The molecule has 40 heavy (non-hydrogen) atoms. The highest BCUT2D eigenvalue weighted by Crippen LogP contribution is 2.42. The van der Waals surface area contributed by atoms with Gasteiger partial charge in [0.1, 0.15) is 11.4 Å². The number of halogens is 1. The number of hydrogen-bond acceptors (Lipinski definition) is 5. The van der Waals surface area contributed by atoms with E-state index in [-0.39, 0.29) is 29.5 Å². The van der Waals surface area contributed by atoms with Crippen LogP contribution in [0.3, 0.4) is 0 Å². The molecular weight excluding hydrogens is 509 g/mol. The molecule has 5 rings (SSSR count). The van der Waals surface area contributed by atoms with Crippen molar-refractivity contribution in [2.45, 2.75) is 59.5 Å². The zero-order chi connectivity index (χ0) is 28.4. The molecule has 0 fully saturated rings. The Morgan fingerprint density at radius 2 is 1.70 bits per heavy atom. The van der Waals surface area contributed by atoms with Crippen molar-refractivity contribution in [1.29, 1.82) is 0 Å². The SMILES string of the molecule is CCCCCOc1ccc(C2c3c(oc4cc(C)cc(C)c4c3=O)C(=O)N2Cc2ccc(F)cc2)cc1OCC. The lowest BCUT2D eigenvalue weighted by atomic mass is 9.96. The van der Waals surface area contributed by atoms with Gasteiger partial charge in [-0.25, -0.2) is 4.39 Å². The molecule has 0 saturated carbocycles. The summed E-state index contributed by atoms with van der Waals surface area (Å²) in [5.74, 6) is 0.457. The summed E-state index contributed by atoms with van der Waals surface area (Å²) in [6.07, 6.45) is 3.10. The van der Waals surface area contributed by atoms with Gasteiger partial charge >= 0.3 is 0 Å². The Balaban J connectivity index is 1.65. The quantitative estimate of drug-likeness (QED) is 0.197. The average Bonchev–Trinajstić information content (AvgIpc) is 3.19. The van der Waals surface area contributed by atoms with Gasteiger partial charge in [0.25, 0.3) is 5.91 Å². The summed E-state index contributed by atoms with van der Waals surface area (Å²) in [7, 11) is 0. The van der Waals surface area contributed by atoms with E-state index in [1.165, 1.54) is 12.1 Å². The van der Waals surface area contributed by atoms with E-state index < -0.39 is 6.04 Å². The maximum absolute atomic E-state index is 14.1. The first-order valence-electron chi connectivity index (χ1n) is 13.8. The molecule has 4 aromatic rings. The fourth-order valence-corrected chi connectivity index (χ4v) is 5.43. The smallest absolute Gasteiger partial charge is 0.291 e. The van der Waals surface area contributed by atoms with Crippen LogP contribution in [0.4, 0.5) is 4.39 Å². The van der Waals surface area contributed by atoms with Crippen LogP contribution in [-0.4, -0.2) is 24.0 Å². The number of rotatable bonds is 10. The number of fused-ring (bicyclic) bond motifs is 2. The third-order valence-corrected chi connectivity index (χ3v) is 7.27. The maximum Gasteiger partial charge on any atom is 0.291 e. The lowest BCUT2D eigenvalue weighted by Crippen LogP contribution is -2.29. The molecule has 0 N–H and O–H groups in total. The molecule has 1 aliphatic heterocycles. The van der Waals surface area contributed by atoms with E-state index in [0.29, 0.717) is 46.8 Å². The first-order valence-corrected chi connectivity index (χ1v) is 13.8. The number of ether oxygens (including phenoxy) is 2. The molecule has 1 aliphatic rings. The number of hydrogen-bond donors (Lipinski definition) is 0. The van der Waals surface area contributed by atoms with Crippen LogP contribution in [0.2, 0.25) is 0 Å². The van der Waals surface area contributed by atoms with Crippen LogP contribution in [0.1, 0.15) is 77.5 Å². The molecule has 1 aromatic heterocycles. The third-order valence-electron chi connectivity index (χ3n) is 7.27. The van der Waals surface area contributed by atoms with Crippen LogP contribution in [0, 0.1) is 19.7 Å². The third kappa shape index (κ3) is 5.20. The van der Waals surface area contributed by atoms with Crippen LogP contribution in [0.5, 0.6) is 11.5 Å². The van der Waals surface area contributed by atoms with Crippen molar-refractivity contribution in [2.24, 2.45) is 0 Å². The summed E-state index contributed by atoms with van der Waals surface area (Å²) in [6.45, 7) is 9.00. The molecule has 1 atom stereocenters. The first kappa shape index (κ1) is 27.4. The summed E-state index contributed by atoms with van der Waals surface area (Å²) in [4.78, 5) is 29.5. The van der Waals surface area contributed by atoms with E-state index in [1.54, 1.807) is 23.1 Å². The summed E-state index contributed by atoms with van der Waals surface area (Å²) < 4.78 is 31.8. The van der Waals surface area contributed by atoms with Gasteiger partial charge in [0.15, 0.2) is 16.9 Å².